The first-order valence-corrected chi connectivity index (χ1v) is 8.92. The third-order valence-corrected chi connectivity index (χ3v) is 4.87. The first kappa shape index (κ1) is 18.1. The Morgan fingerprint density at radius 2 is 1.79 bits per heavy atom. The van der Waals surface area contributed by atoms with Crippen LogP contribution in [0.5, 0.6) is 0 Å². The average Bonchev–Trinajstić information content (AvgIpc) is 2.68. The summed E-state index contributed by atoms with van der Waals surface area (Å²) in [5.41, 5.74) is 3.37. The molecule has 1 heterocycles. The van der Waals surface area contributed by atoms with Gasteiger partial charge in [0.2, 0.25) is 0 Å². The predicted molar refractivity (Wildman–Crippen MR) is 109 cm³/mol. The first-order valence-electron chi connectivity index (χ1n) is 8.54. The molecule has 0 N–H and O–H groups in total. The summed E-state index contributed by atoms with van der Waals surface area (Å²) < 4.78 is 14.5. The van der Waals surface area contributed by atoms with Crippen molar-refractivity contribution in [3.63, 3.8) is 0 Å². The molecular weight excluding hydrogens is 379 g/mol. The molecule has 0 fully saturated rings. The maximum absolute atomic E-state index is 14.5. The minimum Gasteiger partial charge on any atom is -0.258 e. The van der Waals surface area contributed by atoms with Gasteiger partial charge in [-0.3, -0.25) is 10.1 Å². The predicted octanol–water partition coefficient (Wildman–Crippen LogP) is 6.58. The van der Waals surface area contributed by atoms with E-state index in [1.165, 1.54) is 12.1 Å². The fourth-order valence-electron chi connectivity index (χ4n) is 3.21. The second-order valence-electron chi connectivity index (χ2n) is 6.45. The van der Waals surface area contributed by atoms with Crippen molar-refractivity contribution >= 4 is 28.2 Å². The van der Waals surface area contributed by atoms with Crippen LogP contribution in [0.25, 0.3) is 33.3 Å². The largest absolute Gasteiger partial charge is 0.272 e. The van der Waals surface area contributed by atoms with Gasteiger partial charge < -0.3 is 0 Å². The van der Waals surface area contributed by atoms with Crippen LogP contribution in [0.15, 0.2) is 66.7 Å². The highest BCUT2D eigenvalue weighted by Gasteiger charge is 2.16. The highest BCUT2D eigenvalue weighted by molar-refractivity contribution is 6.31. The van der Waals surface area contributed by atoms with E-state index in [-0.39, 0.29) is 11.5 Å². The van der Waals surface area contributed by atoms with Crippen LogP contribution >= 0.6 is 11.6 Å². The quantitative estimate of drug-likeness (QED) is 0.292. The minimum absolute atomic E-state index is 0.0166. The molecule has 0 spiro atoms. The van der Waals surface area contributed by atoms with Crippen molar-refractivity contribution in [2.24, 2.45) is 0 Å². The van der Waals surface area contributed by atoms with E-state index in [0.29, 0.717) is 43.9 Å². The lowest BCUT2D eigenvalue weighted by Crippen LogP contribution is -1.95. The maximum Gasteiger partial charge on any atom is 0.272 e. The molecule has 4 rings (SSSR count). The van der Waals surface area contributed by atoms with E-state index in [2.05, 4.69) is 4.98 Å². The van der Waals surface area contributed by atoms with Crippen LogP contribution in [-0.2, 0) is 0 Å². The monoisotopic (exact) mass is 392 g/mol. The minimum atomic E-state index is -0.419. The number of aromatic nitrogens is 1. The number of aryl methyl sites for hydroxylation is 1. The lowest BCUT2D eigenvalue weighted by molar-refractivity contribution is -0.385. The zero-order valence-corrected chi connectivity index (χ0v) is 15.6. The highest BCUT2D eigenvalue weighted by Crippen LogP contribution is 2.35. The molecule has 0 radical (unpaired) electrons. The number of nitro benzene ring substituents is 1. The fraction of sp³-hybridized carbons (Fsp3) is 0.0455. The van der Waals surface area contributed by atoms with Crippen LogP contribution in [0.1, 0.15) is 5.56 Å². The zero-order chi connectivity index (χ0) is 19.8. The van der Waals surface area contributed by atoms with E-state index in [4.69, 9.17) is 11.6 Å². The van der Waals surface area contributed by atoms with Gasteiger partial charge >= 0.3 is 0 Å². The summed E-state index contributed by atoms with van der Waals surface area (Å²) in [7, 11) is 0. The van der Waals surface area contributed by atoms with Gasteiger partial charge in [-0.2, -0.15) is 0 Å². The molecule has 0 unspecified atom stereocenters. The van der Waals surface area contributed by atoms with Gasteiger partial charge in [0, 0.05) is 33.2 Å². The van der Waals surface area contributed by atoms with Crippen LogP contribution in [0.4, 0.5) is 10.1 Å². The third-order valence-electron chi connectivity index (χ3n) is 4.64. The molecule has 6 heteroatoms. The molecule has 28 heavy (non-hydrogen) atoms. The number of pyridine rings is 1. The number of halogens is 2. The molecule has 0 saturated heterocycles. The number of nitrogens with zero attached hydrogens (tertiary/aromatic N) is 2. The summed E-state index contributed by atoms with van der Waals surface area (Å²) in [6.45, 7) is 1.68. The summed E-state index contributed by atoms with van der Waals surface area (Å²) in [4.78, 5) is 15.5. The second kappa shape index (κ2) is 7.02. The fourth-order valence-corrected chi connectivity index (χ4v) is 3.39. The molecule has 4 aromatic rings. The highest BCUT2D eigenvalue weighted by atomic mass is 35.5. The molecule has 0 amide bonds. The van der Waals surface area contributed by atoms with Crippen molar-refractivity contribution in [3.05, 3.63) is 93.2 Å². The van der Waals surface area contributed by atoms with Crippen molar-refractivity contribution in [2.45, 2.75) is 6.92 Å². The number of benzene rings is 3. The molecule has 138 valence electrons. The van der Waals surface area contributed by atoms with Gasteiger partial charge in [-0.25, -0.2) is 9.37 Å². The van der Waals surface area contributed by atoms with Gasteiger partial charge in [0.05, 0.1) is 16.1 Å². The van der Waals surface area contributed by atoms with E-state index in [9.17, 15) is 14.5 Å². The van der Waals surface area contributed by atoms with Crippen molar-refractivity contribution in [1.29, 1.82) is 0 Å². The summed E-state index contributed by atoms with van der Waals surface area (Å²) >= 11 is 6.15. The Hall–Kier alpha value is -3.31. The number of hydrogen-bond acceptors (Lipinski definition) is 3. The third kappa shape index (κ3) is 3.21. The molecule has 0 aliphatic rings. The molecule has 0 saturated carbocycles. The van der Waals surface area contributed by atoms with Crippen molar-refractivity contribution < 1.29 is 9.31 Å². The van der Waals surface area contributed by atoms with E-state index in [1.807, 2.05) is 0 Å². The summed E-state index contributed by atoms with van der Waals surface area (Å²) in [6, 6.07) is 18.4. The Kier molecular flexibility index (Phi) is 4.53. The van der Waals surface area contributed by atoms with Gasteiger partial charge in [-0.1, -0.05) is 41.9 Å². The Labute approximate surface area is 165 Å². The molecule has 0 bridgehead atoms. The summed E-state index contributed by atoms with van der Waals surface area (Å²) in [5, 5.41) is 12.5. The van der Waals surface area contributed by atoms with Crippen LogP contribution in [0, 0.1) is 22.9 Å². The maximum atomic E-state index is 14.5. The second-order valence-corrected chi connectivity index (χ2v) is 6.89. The van der Waals surface area contributed by atoms with Crippen LogP contribution in [0.2, 0.25) is 5.02 Å². The van der Waals surface area contributed by atoms with E-state index in [1.54, 1.807) is 61.5 Å². The SMILES string of the molecule is Cc1ccc(-c2cc(-c3ccccc3F)c3cc(Cl)ccc3n2)cc1[N+](=O)[O-]. The average molecular weight is 393 g/mol. The Balaban J connectivity index is 2.02. The lowest BCUT2D eigenvalue weighted by Gasteiger charge is -2.12. The molecule has 3 aromatic carbocycles. The van der Waals surface area contributed by atoms with Crippen molar-refractivity contribution in [3.8, 4) is 22.4 Å². The zero-order valence-electron chi connectivity index (χ0n) is 14.8. The van der Waals surface area contributed by atoms with Crippen LogP contribution < -0.4 is 0 Å². The number of rotatable bonds is 3. The summed E-state index contributed by atoms with van der Waals surface area (Å²) in [5.74, 6) is -0.365. The number of fused-ring (bicyclic) bond motifs is 1. The van der Waals surface area contributed by atoms with Gasteiger partial charge in [0.1, 0.15) is 5.82 Å². The van der Waals surface area contributed by atoms with E-state index < -0.39 is 4.92 Å². The van der Waals surface area contributed by atoms with Gasteiger partial charge in [-0.05, 0) is 42.8 Å². The Bertz CT molecular complexity index is 1240. The van der Waals surface area contributed by atoms with Crippen molar-refractivity contribution in [2.75, 3.05) is 0 Å². The molecule has 4 nitrogen and oxygen atoms in total. The Morgan fingerprint density at radius 1 is 1.00 bits per heavy atom. The van der Waals surface area contributed by atoms with Crippen LogP contribution in [-0.4, -0.2) is 9.91 Å². The normalized spacial score (nSPS) is 11.0. The van der Waals surface area contributed by atoms with E-state index in [0.717, 1.165) is 0 Å². The number of nitro groups is 1. The molecular formula is C22H14ClFN2O2. The first-order chi connectivity index (χ1) is 13.4. The molecule has 0 aliphatic carbocycles. The molecule has 1 aromatic heterocycles. The smallest absolute Gasteiger partial charge is 0.258 e. The summed E-state index contributed by atoms with van der Waals surface area (Å²) in [6.07, 6.45) is 0. The van der Waals surface area contributed by atoms with Gasteiger partial charge in [0.15, 0.2) is 0 Å². The van der Waals surface area contributed by atoms with Gasteiger partial charge in [0.25, 0.3) is 5.69 Å². The van der Waals surface area contributed by atoms with E-state index >= 15 is 0 Å². The van der Waals surface area contributed by atoms with Crippen LogP contribution in [0.3, 0.4) is 0 Å². The molecule has 0 atom stereocenters. The lowest BCUT2D eigenvalue weighted by atomic mass is 9.97. The topological polar surface area (TPSA) is 56.0 Å². The number of hydrogen-bond donors (Lipinski definition) is 0. The molecule has 0 aliphatic heterocycles. The standard InChI is InChI=1S/C22H14ClFN2O2/c1-13-6-7-14(10-22(13)26(27)28)21-12-17(16-4-2-3-5-19(16)24)18-11-15(23)8-9-20(18)25-21/h2-12H,1H3. The van der Waals surface area contributed by atoms with Gasteiger partial charge in [-0.15, -0.1) is 0 Å². The van der Waals surface area contributed by atoms with Crippen molar-refractivity contribution in [1.82, 2.24) is 4.98 Å². The Morgan fingerprint density at radius 3 is 2.54 bits per heavy atom.